The van der Waals surface area contributed by atoms with Gasteiger partial charge in [0.05, 0.1) is 23.8 Å². The fourth-order valence-electron chi connectivity index (χ4n) is 2.61. The van der Waals surface area contributed by atoms with E-state index in [1.54, 1.807) is 33.9 Å². The van der Waals surface area contributed by atoms with Crippen molar-refractivity contribution in [1.29, 1.82) is 0 Å². The van der Waals surface area contributed by atoms with E-state index in [1.165, 1.54) is 4.90 Å². The second-order valence-corrected chi connectivity index (χ2v) is 6.54. The Morgan fingerprint density at radius 3 is 2.58 bits per heavy atom. The third-order valence-corrected chi connectivity index (χ3v) is 4.49. The quantitative estimate of drug-likeness (QED) is 0.845. The number of likely N-dealkylation sites (N-methyl/N-ethyl adjacent to an activating group) is 1. The van der Waals surface area contributed by atoms with Crippen LogP contribution in [0.5, 0.6) is 0 Å². The zero-order valence-corrected chi connectivity index (χ0v) is 15.7. The molecule has 0 bridgehead atoms. The highest BCUT2D eigenvalue weighted by Gasteiger charge is 2.26. The average Bonchev–Trinajstić information content (AvgIpc) is 2.87. The summed E-state index contributed by atoms with van der Waals surface area (Å²) < 4.78 is 5.90. The number of halogens is 1. The zero-order chi connectivity index (χ0) is 17.9. The summed E-state index contributed by atoms with van der Waals surface area (Å²) in [4.78, 5) is 26.1. The van der Waals surface area contributed by atoms with Gasteiger partial charge in [-0.05, 0) is 48.8 Å². The van der Waals surface area contributed by atoms with E-state index in [-0.39, 0.29) is 18.4 Å². The molecule has 2 rings (SSSR count). The first-order valence-corrected chi connectivity index (χ1v) is 8.32. The fourth-order valence-corrected chi connectivity index (χ4v) is 2.99. The van der Waals surface area contributed by atoms with Crippen molar-refractivity contribution in [2.24, 2.45) is 0 Å². The Labute approximate surface area is 149 Å². The second-order valence-electron chi connectivity index (χ2n) is 5.68. The molecule has 1 N–H and O–H groups in total. The molecular weight excluding hydrogens is 374 g/mol. The Kier molecular flexibility index (Phi) is 5.77. The van der Waals surface area contributed by atoms with Gasteiger partial charge in [-0.25, -0.2) is 0 Å². The van der Waals surface area contributed by atoms with Crippen molar-refractivity contribution in [3.8, 4) is 0 Å². The summed E-state index contributed by atoms with van der Waals surface area (Å²) in [6, 6.07) is 7.32. The van der Waals surface area contributed by atoms with E-state index in [1.807, 2.05) is 18.2 Å². The summed E-state index contributed by atoms with van der Waals surface area (Å²) in [6.45, 7) is 5.33. The molecule has 0 radical (unpaired) electrons. The molecule has 7 heteroatoms. The molecule has 0 saturated heterocycles. The Balaban J connectivity index is 2.01. The van der Waals surface area contributed by atoms with Crippen LogP contribution in [0.15, 0.2) is 33.3 Å². The first kappa shape index (κ1) is 18.2. The van der Waals surface area contributed by atoms with Crippen LogP contribution in [0.4, 0.5) is 5.69 Å². The predicted molar refractivity (Wildman–Crippen MR) is 94.8 cm³/mol. The van der Waals surface area contributed by atoms with Crippen molar-refractivity contribution in [1.82, 2.24) is 10.1 Å². The van der Waals surface area contributed by atoms with Crippen molar-refractivity contribution >= 4 is 33.4 Å². The maximum absolute atomic E-state index is 12.6. The highest BCUT2D eigenvalue weighted by molar-refractivity contribution is 9.10. The molecule has 1 aromatic heterocycles. The third kappa shape index (κ3) is 4.03. The lowest BCUT2D eigenvalue weighted by atomic mass is 9.98. The number of benzene rings is 1. The van der Waals surface area contributed by atoms with E-state index in [2.05, 4.69) is 26.4 Å². The smallest absolute Gasteiger partial charge is 0.244 e. The lowest BCUT2D eigenvalue weighted by Gasteiger charge is -2.21. The van der Waals surface area contributed by atoms with Crippen LogP contribution >= 0.6 is 15.9 Å². The molecule has 0 fully saturated rings. The third-order valence-electron chi connectivity index (χ3n) is 3.80. The lowest BCUT2D eigenvalue weighted by molar-refractivity contribution is -0.134. The minimum atomic E-state index is -0.419. The van der Waals surface area contributed by atoms with Gasteiger partial charge in [0.15, 0.2) is 0 Å². The van der Waals surface area contributed by atoms with Crippen LogP contribution in [0.25, 0.3) is 0 Å². The Hall–Kier alpha value is -2.15. The van der Waals surface area contributed by atoms with Crippen molar-refractivity contribution in [3.63, 3.8) is 0 Å². The molecule has 0 saturated carbocycles. The molecule has 1 heterocycles. The molecule has 1 unspecified atom stereocenters. The van der Waals surface area contributed by atoms with Gasteiger partial charge in [-0.2, -0.15) is 0 Å². The van der Waals surface area contributed by atoms with Gasteiger partial charge in [0.2, 0.25) is 11.8 Å². The molecule has 6 nitrogen and oxygen atoms in total. The standard InChI is InChI=1S/C17H20BrN3O3/c1-10(16-11(2)20-24-12(16)3)17(23)21(4)9-15(22)19-14-8-6-5-7-13(14)18/h5-8,10H,9H2,1-4H3,(H,19,22). The molecule has 0 spiro atoms. The summed E-state index contributed by atoms with van der Waals surface area (Å²) in [6.07, 6.45) is 0. The Bertz CT molecular complexity index is 738. The van der Waals surface area contributed by atoms with Crippen LogP contribution in [0, 0.1) is 13.8 Å². The molecule has 1 atom stereocenters. The van der Waals surface area contributed by atoms with Crippen LogP contribution in [-0.2, 0) is 9.59 Å². The summed E-state index contributed by atoms with van der Waals surface area (Å²) >= 11 is 3.37. The molecule has 24 heavy (non-hydrogen) atoms. The number of aromatic nitrogens is 1. The number of hydrogen-bond donors (Lipinski definition) is 1. The first-order valence-electron chi connectivity index (χ1n) is 7.53. The van der Waals surface area contributed by atoms with Gasteiger partial charge in [-0.3, -0.25) is 9.59 Å². The monoisotopic (exact) mass is 393 g/mol. The van der Waals surface area contributed by atoms with E-state index in [9.17, 15) is 9.59 Å². The van der Waals surface area contributed by atoms with E-state index >= 15 is 0 Å². The van der Waals surface area contributed by atoms with Gasteiger partial charge in [0.25, 0.3) is 0 Å². The largest absolute Gasteiger partial charge is 0.361 e. The van der Waals surface area contributed by atoms with E-state index in [4.69, 9.17) is 4.52 Å². The van der Waals surface area contributed by atoms with Crippen molar-refractivity contribution in [2.45, 2.75) is 26.7 Å². The maximum atomic E-state index is 12.6. The SMILES string of the molecule is Cc1noc(C)c1C(C)C(=O)N(C)CC(=O)Nc1ccccc1Br. The van der Waals surface area contributed by atoms with Crippen molar-refractivity contribution in [2.75, 3.05) is 18.9 Å². The van der Waals surface area contributed by atoms with Crippen LogP contribution in [0.2, 0.25) is 0 Å². The van der Waals surface area contributed by atoms with E-state index in [0.717, 1.165) is 10.0 Å². The molecule has 2 aromatic rings. The van der Waals surface area contributed by atoms with Gasteiger partial charge in [-0.15, -0.1) is 0 Å². The molecule has 128 valence electrons. The summed E-state index contributed by atoms with van der Waals surface area (Å²) in [5, 5.41) is 6.66. The molecule has 2 amide bonds. The molecule has 0 aliphatic rings. The zero-order valence-electron chi connectivity index (χ0n) is 14.1. The molecule has 0 aliphatic carbocycles. The minimum Gasteiger partial charge on any atom is -0.361 e. The number of hydrogen-bond acceptors (Lipinski definition) is 4. The topological polar surface area (TPSA) is 75.4 Å². The maximum Gasteiger partial charge on any atom is 0.244 e. The number of carbonyl (C=O) groups excluding carboxylic acids is 2. The first-order chi connectivity index (χ1) is 11.3. The van der Waals surface area contributed by atoms with Gasteiger partial charge < -0.3 is 14.7 Å². The van der Waals surface area contributed by atoms with Gasteiger partial charge in [0, 0.05) is 17.1 Å². The highest BCUT2D eigenvalue weighted by Crippen LogP contribution is 2.25. The summed E-state index contributed by atoms with van der Waals surface area (Å²) in [5.74, 6) is -0.215. The Morgan fingerprint density at radius 1 is 1.33 bits per heavy atom. The summed E-state index contributed by atoms with van der Waals surface area (Å²) in [5.41, 5.74) is 2.14. The molecule has 0 aliphatic heterocycles. The number of carbonyl (C=O) groups is 2. The number of amides is 2. The van der Waals surface area contributed by atoms with Crippen LogP contribution < -0.4 is 5.32 Å². The predicted octanol–water partition coefficient (Wildman–Crippen LogP) is 3.25. The fraction of sp³-hybridized carbons (Fsp3) is 0.353. The second kappa shape index (κ2) is 7.61. The van der Waals surface area contributed by atoms with E-state index in [0.29, 0.717) is 17.1 Å². The van der Waals surface area contributed by atoms with Crippen LogP contribution in [-0.4, -0.2) is 35.5 Å². The number of aryl methyl sites for hydroxylation is 2. The number of rotatable bonds is 5. The van der Waals surface area contributed by atoms with Gasteiger partial charge in [-0.1, -0.05) is 17.3 Å². The van der Waals surface area contributed by atoms with Crippen molar-refractivity contribution in [3.05, 3.63) is 45.8 Å². The van der Waals surface area contributed by atoms with Crippen molar-refractivity contribution < 1.29 is 14.1 Å². The number of nitrogens with zero attached hydrogens (tertiary/aromatic N) is 2. The highest BCUT2D eigenvalue weighted by atomic mass is 79.9. The normalized spacial score (nSPS) is 11.9. The lowest BCUT2D eigenvalue weighted by Crippen LogP contribution is -2.37. The van der Waals surface area contributed by atoms with Crippen LogP contribution in [0.3, 0.4) is 0 Å². The Morgan fingerprint density at radius 2 is 2.00 bits per heavy atom. The van der Waals surface area contributed by atoms with Gasteiger partial charge >= 0.3 is 0 Å². The van der Waals surface area contributed by atoms with Gasteiger partial charge in [0.1, 0.15) is 5.76 Å². The summed E-state index contributed by atoms with van der Waals surface area (Å²) in [7, 11) is 1.61. The molecular formula is C17H20BrN3O3. The number of anilines is 1. The number of para-hydroxylation sites is 1. The number of nitrogens with one attached hydrogen (secondary N) is 1. The van der Waals surface area contributed by atoms with E-state index < -0.39 is 5.92 Å². The average molecular weight is 394 g/mol. The molecule has 1 aromatic carbocycles. The minimum absolute atomic E-state index is 0.0338. The van der Waals surface area contributed by atoms with Crippen LogP contribution in [0.1, 0.15) is 29.9 Å².